The molecule has 0 spiro atoms. The molecule has 0 atom stereocenters. The second-order valence-corrected chi connectivity index (χ2v) is 6.58. The highest BCUT2D eigenvalue weighted by Crippen LogP contribution is 2.37. The van der Waals surface area contributed by atoms with Crippen LogP contribution in [0.25, 0.3) is 11.6 Å². The molecule has 0 radical (unpaired) electrons. The van der Waals surface area contributed by atoms with Gasteiger partial charge in [-0.05, 0) is 63.5 Å². The first-order chi connectivity index (χ1) is 9.15. The van der Waals surface area contributed by atoms with Gasteiger partial charge >= 0.3 is 0 Å². The minimum atomic E-state index is 0.509. The maximum Gasteiger partial charge on any atom is 0.197 e. The Kier molecular flexibility index (Phi) is 3.79. The van der Waals surface area contributed by atoms with Gasteiger partial charge in [-0.1, -0.05) is 12.8 Å². The van der Waals surface area contributed by atoms with Crippen molar-refractivity contribution in [1.29, 1.82) is 0 Å². The summed E-state index contributed by atoms with van der Waals surface area (Å²) in [5.74, 6) is 2.27. The van der Waals surface area contributed by atoms with Gasteiger partial charge in [-0.2, -0.15) is 0 Å². The highest BCUT2D eigenvalue weighted by Gasteiger charge is 2.24. The molecule has 0 amide bonds. The molecule has 2 aromatic heterocycles. The van der Waals surface area contributed by atoms with Gasteiger partial charge in [-0.15, -0.1) is 0 Å². The number of aromatic nitrogens is 2. The number of hydrogen-bond donors (Lipinski definition) is 1. The van der Waals surface area contributed by atoms with E-state index in [-0.39, 0.29) is 0 Å². The Bertz CT molecular complexity index is 608. The molecule has 1 saturated carbocycles. The van der Waals surface area contributed by atoms with Crippen molar-refractivity contribution in [2.75, 3.05) is 5.73 Å². The molecule has 3 rings (SSSR count). The average Bonchev–Trinajstić information content (AvgIpc) is 3.03. The third-order valence-corrected chi connectivity index (χ3v) is 4.97. The van der Waals surface area contributed by atoms with Gasteiger partial charge in [-0.25, -0.2) is 9.97 Å². The summed E-state index contributed by atoms with van der Waals surface area (Å²) < 4.78 is 7.17. The Labute approximate surface area is 133 Å². The number of rotatable bonds is 2. The third kappa shape index (κ3) is 2.65. The van der Waals surface area contributed by atoms with E-state index in [0.717, 1.165) is 9.26 Å². The molecule has 1 aliphatic carbocycles. The smallest absolute Gasteiger partial charge is 0.197 e. The molecule has 0 unspecified atom stereocenters. The van der Waals surface area contributed by atoms with E-state index in [2.05, 4.69) is 48.5 Å². The van der Waals surface area contributed by atoms with Crippen molar-refractivity contribution in [3.05, 3.63) is 26.1 Å². The summed E-state index contributed by atoms with van der Waals surface area (Å²) in [7, 11) is 0. The Balaban J connectivity index is 2.06. The summed E-state index contributed by atoms with van der Waals surface area (Å²) in [6, 6.07) is 3.69. The Morgan fingerprint density at radius 1 is 1.26 bits per heavy atom. The third-order valence-electron chi connectivity index (χ3n) is 3.44. The van der Waals surface area contributed by atoms with Gasteiger partial charge in [-0.3, -0.25) is 0 Å². The molecule has 2 heterocycles. The lowest BCUT2D eigenvalue weighted by atomic mass is 10.0. The first-order valence-electron chi connectivity index (χ1n) is 6.24. The predicted octanol–water partition coefficient (Wildman–Crippen LogP) is 4.34. The van der Waals surface area contributed by atoms with Crippen molar-refractivity contribution >= 4 is 44.3 Å². The lowest BCUT2D eigenvalue weighted by molar-refractivity contribution is 0.550. The first kappa shape index (κ1) is 13.4. The molecule has 0 aliphatic heterocycles. The molecule has 0 bridgehead atoms. The summed E-state index contributed by atoms with van der Waals surface area (Å²) in [4.78, 5) is 9.02. The fourth-order valence-electron chi connectivity index (χ4n) is 2.50. The van der Waals surface area contributed by atoms with Crippen LogP contribution in [-0.4, -0.2) is 9.97 Å². The summed E-state index contributed by atoms with van der Waals surface area (Å²) in [5, 5.41) is 0. The van der Waals surface area contributed by atoms with Gasteiger partial charge in [0.05, 0.1) is 9.26 Å². The number of furan rings is 1. The van der Waals surface area contributed by atoms with Crippen LogP contribution >= 0.6 is 38.5 Å². The summed E-state index contributed by atoms with van der Waals surface area (Å²) >= 11 is 5.54. The van der Waals surface area contributed by atoms with Crippen molar-refractivity contribution in [2.45, 2.75) is 31.6 Å². The predicted molar refractivity (Wildman–Crippen MR) is 85.8 cm³/mol. The van der Waals surface area contributed by atoms with Crippen LogP contribution in [0.4, 0.5) is 5.82 Å². The lowest BCUT2D eigenvalue weighted by Gasteiger charge is -2.13. The highest BCUT2D eigenvalue weighted by atomic mass is 127. The molecule has 0 aromatic carbocycles. The van der Waals surface area contributed by atoms with Crippen LogP contribution in [0.5, 0.6) is 0 Å². The van der Waals surface area contributed by atoms with E-state index in [0.29, 0.717) is 28.0 Å². The quantitative estimate of drug-likeness (QED) is 0.715. The van der Waals surface area contributed by atoms with Crippen LogP contribution in [0.2, 0.25) is 0 Å². The van der Waals surface area contributed by atoms with Crippen molar-refractivity contribution in [3.63, 3.8) is 0 Å². The van der Waals surface area contributed by atoms with E-state index in [4.69, 9.17) is 10.2 Å². The van der Waals surface area contributed by atoms with Crippen LogP contribution in [0.15, 0.2) is 21.2 Å². The molecular weight excluding hydrogens is 421 g/mol. The van der Waals surface area contributed by atoms with Crippen LogP contribution < -0.4 is 5.73 Å². The largest absolute Gasteiger partial charge is 0.446 e. The second-order valence-electron chi connectivity index (χ2n) is 4.72. The van der Waals surface area contributed by atoms with Crippen LogP contribution in [0, 0.1) is 3.57 Å². The fraction of sp³-hybridized carbons (Fsp3) is 0.385. The van der Waals surface area contributed by atoms with Gasteiger partial charge < -0.3 is 10.2 Å². The molecule has 6 heteroatoms. The summed E-state index contributed by atoms with van der Waals surface area (Å²) in [6.45, 7) is 0. The van der Waals surface area contributed by atoms with Gasteiger partial charge in [0.2, 0.25) is 0 Å². The van der Waals surface area contributed by atoms with E-state index in [1.807, 2.05) is 12.1 Å². The van der Waals surface area contributed by atoms with Gasteiger partial charge in [0.25, 0.3) is 0 Å². The number of hydrogen-bond acceptors (Lipinski definition) is 4. The number of halogens is 2. The van der Waals surface area contributed by atoms with E-state index < -0.39 is 0 Å². The molecule has 2 aromatic rings. The number of anilines is 1. The minimum absolute atomic E-state index is 0.509. The van der Waals surface area contributed by atoms with Crippen molar-refractivity contribution < 1.29 is 4.42 Å². The molecule has 2 N–H and O–H groups in total. The zero-order valence-electron chi connectivity index (χ0n) is 10.2. The lowest BCUT2D eigenvalue weighted by Crippen LogP contribution is -2.07. The second kappa shape index (κ2) is 5.40. The molecular formula is C13H13BrIN3O. The Hall–Kier alpha value is -0.630. The highest BCUT2D eigenvalue weighted by molar-refractivity contribution is 14.1. The molecule has 1 fully saturated rings. The van der Waals surface area contributed by atoms with Crippen molar-refractivity contribution in [3.8, 4) is 11.6 Å². The molecule has 0 saturated heterocycles. The SMILES string of the molecule is Nc1nc(-c2ccc(Br)o2)nc(C2CCCC2)c1I. The number of nitrogens with two attached hydrogens (primary N) is 1. The monoisotopic (exact) mass is 433 g/mol. The standard InChI is InChI=1S/C13H13BrIN3O/c14-9-6-5-8(19-9)13-17-11(7-3-1-2-4-7)10(15)12(16)18-13/h5-7H,1-4H2,(H2,16,17,18). The van der Waals surface area contributed by atoms with E-state index in [1.54, 1.807) is 0 Å². The normalized spacial score (nSPS) is 16.1. The number of nitrogen functional groups attached to an aromatic ring is 1. The van der Waals surface area contributed by atoms with Crippen LogP contribution in [0.3, 0.4) is 0 Å². The van der Waals surface area contributed by atoms with Crippen LogP contribution in [0.1, 0.15) is 37.3 Å². The average molecular weight is 434 g/mol. The maximum atomic E-state index is 6.02. The Morgan fingerprint density at radius 2 is 2.00 bits per heavy atom. The van der Waals surface area contributed by atoms with Crippen molar-refractivity contribution in [1.82, 2.24) is 9.97 Å². The summed E-state index contributed by atoms with van der Waals surface area (Å²) in [6.07, 6.45) is 4.92. The zero-order chi connectivity index (χ0) is 13.4. The number of nitrogens with zero attached hydrogens (tertiary/aromatic N) is 2. The first-order valence-corrected chi connectivity index (χ1v) is 8.11. The van der Waals surface area contributed by atoms with Crippen molar-refractivity contribution in [2.24, 2.45) is 0 Å². The molecule has 1 aliphatic rings. The minimum Gasteiger partial charge on any atom is -0.446 e. The van der Waals surface area contributed by atoms with Gasteiger partial charge in [0, 0.05) is 5.92 Å². The van der Waals surface area contributed by atoms with Gasteiger partial charge in [0.15, 0.2) is 16.3 Å². The Morgan fingerprint density at radius 3 is 2.63 bits per heavy atom. The van der Waals surface area contributed by atoms with Crippen LogP contribution in [-0.2, 0) is 0 Å². The summed E-state index contributed by atoms with van der Waals surface area (Å²) in [5.41, 5.74) is 7.10. The van der Waals surface area contributed by atoms with E-state index in [1.165, 1.54) is 25.7 Å². The molecule has 4 nitrogen and oxygen atoms in total. The molecule has 19 heavy (non-hydrogen) atoms. The molecule has 100 valence electrons. The van der Waals surface area contributed by atoms with E-state index >= 15 is 0 Å². The topological polar surface area (TPSA) is 64.9 Å². The fourth-order valence-corrected chi connectivity index (χ4v) is 3.49. The zero-order valence-corrected chi connectivity index (χ0v) is 13.9. The van der Waals surface area contributed by atoms with E-state index in [9.17, 15) is 0 Å². The maximum absolute atomic E-state index is 6.02. The van der Waals surface area contributed by atoms with Gasteiger partial charge in [0.1, 0.15) is 5.82 Å².